The Labute approximate surface area is 147 Å². The Bertz CT molecular complexity index is 764. The third kappa shape index (κ3) is 4.14. The molecule has 1 amide bonds. The summed E-state index contributed by atoms with van der Waals surface area (Å²) in [6.45, 7) is 2.21. The quantitative estimate of drug-likeness (QED) is 0.836. The van der Waals surface area contributed by atoms with E-state index in [1.165, 1.54) is 6.07 Å². The highest BCUT2D eigenvalue weighted by Crippen LogP contribution is 2.23. The van der Waals surface area contributed by atoms with Crippen LogP contribution in [0.3, 0.4) is 0 Å². The van der Waals surface area contributed by atoms with Crippen molar-refractivity contribution in [3.63, 3.8) is 0 Å². The lowest BCUT2D eigenvalue weighted by molar-refractivity contribution is 0.0732. The Kier molecular flexibility index (Phi) is 5.28. The lowest BCUT2D eigenvalue weighted by atomic mass is 9.98. The van der Waals surface area contributed by atoms with E-state index in [0.717, 1.165) is 12.1 Å². The fourth-order valence-corrected chi connectivity index (χ4v) is 2.87. The molecular formula is C19H22FN3O2. The maximum absolute atomic E-state index is 13.8. The molecule has 0 radical (unpaired) electrons. The van der Waals surface area contributed by atoms with Crippen molar-refractivity contribution >= 4 is 5.91 Å². The zero-order valence-corrected chi connectivity index (χ0v) is 14.5. The number of aromatic nitrogens is 1. The van der Waals surface area contributed by atoms with Gasteiger partial charge in [0, 0.05) is 37.5 Å². The molecule has 2 aromatic rings. The van der Waals surface area contributed by atoms with Gasteiger partial charge in [0.05, 0.1) is 0 Å². The van der Waals surface area contributed by atoms with Crippen molar-refractivity contribution < 1.29 is 13.9 Å². The van der Waals surface area contributed by atoms with Crippen molar-refractivity contribution in [1.82, 2.24) is 14.8 Å². The fourth-order valence-electron chi connectivity index (χ4n) is 2.87. The molecule has 1 aliphatic heterocycles. The number of amides is 1. The minimum atomic E-state index is -0.190. The first kappa shape index (κ1) is 17.4. The van der Waals surface area contributed by atoms with Crippen LogP contribution >= 0.6 is 0 Å². The second-order valence-electron chi connectivity index (χ2n) is 6.39. The minimum Gasteiger partial charge on any atom is -0.476 e. The van der Waals surface area contributed by atoms with Gasteiger partial charge in [-0.25, -0.2) is 9.37 Å². The topological polar surface area (TPSA) is 45.7 Å². The van der Waals surface area contributed by atoms with E-state index in [2.05, 4.69) is 4.98 Å². The van der Waals surface area contributed by atoms with Crippen molar-refractivity contribution in [1.29, 1.82) is 0 Å². The Hall–Kier alpha value is -2.47. The number of carbonyl (C=O) groups is 1. The van der Waals surface area contributed by atoms with Gasteiger partial charge in [0.1, 0.15) is 12.4 Å². The van der Waals surface area contributed by atoms with E-state index in [1.807, 2.05) is 25.1 Å². The zero-order chi connectivity index (χ0) is 17.8. The highest BCUT2D eigenvalue weighted by molar-refractivity contribution is 5.94. The van der Waals surface area contributed by atoms with Crippen LogP contribution in [0.4, 0.5) is 4.39 Å². The van der Waals surface area contributed by atoms with Gasteiger partial charge in [-0.3, -0.25) is 4.79 Å². The van der Waals surface area contributed by atoms with E-state index in [-0.39, 0.29) is 11.7 Å². The molecule has 132 valence electrons. The van der Waals surface area contributed by atoms with Crippen LogP contribution in [-0.4, -0.2) is 54.5 Å². The van der Waals surface area contributed by atoms with Gasteiger partial charge >= 0.3 is 0 Å². The van der Waals surface area contributed by atoms with Crippen molar-refractivity contribution in [2.75, 3.05) is 33.8 Å². The molecule has 0 aliphatic carbocycles. The number of rotatable bonds is 5. The van der Waals surface area contributed by atoms with Crippen LogP contribution in [-0.2, 0) is 13.0 Å². The molecule has 0 saturated carbocycles. The molecule has 0 saturated heterocycles. The Morgan fingerprint density at radius 3 is 3.00 bits per heavy atom. The average molecular weight is 343 g/mol. The average Bonchev–Trinajstić information content (AvgIpc) is 2.61. The first-order valence-electron chi connectivity index (χ1n) is 8.33. The molecule has 5 nitrogen and oxygen atoms in total. The summed E-state index contributed by atoms with van der Waals surface area (Å²) in [7, 11) is 3.93. The molecule has 0 unspecified atom stereocenters. The first-order valence-corrected chi connectivity index (χ1v) is 8.33. The molecule has 1 aromatic heterocycles. The van der Waals surface area contributed by atoms with Crippen LogP contribution in [0.15, 0.2) is 36.5 Å². The molecule has 6 heteroatoms. The maximum atomic E-state index is 13.8. The lowest BCUT2D eigenvalue weighted by Gasteiger charge is -2.29. The number of fused-ring (bicyclic) bond motifs is 1. The van der Waals surface area contributed by atoms with Gasteiger partial charge in [-0.1, -0.05) is 12.1 Å². The van der Waals surface area contributed by atoms with Gasteiger partial charge in [-0.15, -0.1) is 0 Å². The van der Waals surface area contributed by atoms with Crippen molar-refractivity contribution in [3.05, 3.63) is 59.0 Å². The Balaban J connectivity index is 1.69. The van der Waals surface area contributed by atoms with Crippen molar-refractivity contribution in [2.24, 2.45) is 0 Å². The highest BCUT2D eigenvalue weighted by atomic mass is 19.1. The number of nitrogens with zero attached hydrogens (tertiary/aromatic N) is 3. The van der Waals surface area contributed by atoms with E-state index in [1.54, 1.807) is 29.3 Å². The van der Waals surface area contributed by atoms with Gasteiger partial charge in [0.25, 0.3) is 5.91 Å². The third-order valence-corrected chi connectivity index (χ3v) is 4.27. The van der Waals surface area contributed by atoms with Gasteiger partial charge < -0.3 is 14.5 Å². The van der Waals surface area contributed by atoms with E-state index in [9.17, 15) is 9.18 Å². The van der Waals surface area contributed by atoms with Gasteiger partial charge in [-0.2, -0.15) is 0 Å². The number of likely N-dealkylation sites (N-methyl/N-ethyl adjacent to an activating group) is 1. The molecule has 3 rings (SSSR count). The second-order valence-corrected chi connectivity index (χ2v) is 6.39. The molecule has 1 aromatic carbocycles. The van der Waals surface area contributed by atoms with E-state index in [4.69, 9.17) is 4.74 Å². The summed E-state index contributed by atoms with van der Waals surface area (Å²) in [4.78, 5) is 20.7. The first-order chi connectivity index (χ1) is 12.0. The van der Waals surface area contributed by atoms with E-state index in [0.29, 0.717) is 43.1 Å². The van der Waals surface area contributed by atoms with Crippen molar-refractivity contribution in [3.8, 4) is 5.88 Å². The number of halogens is 1. The number of ether oxygens (including phenoxy) is 1. The predicted molar refractivity (Wildman–Crippen MR) is 93.1 cm³/mol. The maximum Gasteiger partial charge on any atom is 0.254 e. The predicted octanol–water partition coefficient (Wildman–Crippen LogP) is 2.36. The molecule has 0 atom stereocenters. The second kappa shape index (κ2) is 7.61. The summed E-state index contributed by atoms with van der Waals surface area (Å²) >= 11 is 0. The van der Waals surface area contributed by atoms with Crippen LogP contribution < -0.4 is 4.74 Å². The van der Waals surface area contributed by atoms with Crippen LogP contribution in [0.5, 0.6) is 5.88 Å². The molecule has 2 heterocycles. The smallest absolute Gasteiger partial charge is 0.254 e. The lowest BCUT2D eigenvalue weighted by Crippen LogP contribution is -2.36. The van der Waals surface area contributed by atoms with Crippen LogP contribution in [0.25, 0.3) is 0 Å². The third-order valence-electron chi connectivity index (χ3n) is 4.27. The number of pyridine rings is 1. The minimum absolute atomic E-state index is 0.0882. The Morgan fingerprint density at radius 1 is 1.36 bits per heavy atom. The molecule has 0 spiro atoms. The molecule has 0 N–H and O–H groups in total. The molecule has 0 bridgehead atoms. The van der Waals surface area contributed by atoms with Gasteiger partial charge in [0.2, 0.25) is 5.88 Å². The molecular weight excluding hydrogens is 321 g/mol. The largest absolute Gasteiger partial charge is 0.476 e. The number of hydrogen-bond acceptors (Lipinski definition) is 4. The van der Waals surface area contributed by atoms with Crippen LogP contribution in [0.2, 0.25) is 0 Å². The Morgan fingerprint density at radius 2 is 2.20 bits per heavy atom. The van der Waals surface area contributed by atoms with Gasteiger partial charge in [0.15, 0.2) is 0 Å². The normalized spacial score (nSPS) is 13.7. The molecule has 0 fully saturated rings. The number of carbonyl (C=O) groups excluding carboxylic acids is 1. The van der Waals surface area contributed by atoms with Crippen LogP contribution in [0.1, 0.15) is 21.5 Å². The fraction of sp³-hybridized carbons (Fsp3) is 0.368. The molecule has 25 heavy (non-hydrogen) atoms. The highest BCUT2D eigenvalue weighted by Gasteiger charge is 2.23. The van der Waals surface area contributed by atoms with E-state index < -0.39 is 0 Å². The number of benzene rings is 1. The molecule has 1 aliphatic rings. The summed E-state index contributed by atoms with van der Waals surface area (Å²) in [6, 6.07) is 8.38. The number of hydrogen-bond donors (Lipinski definition) is 0. The van der Waals surface area contributed by atoms with Crippen molar-refractivity contribution in [2.45, 2.75) is 13.0 Å². The summed E-state index contributed by atoms with van der Waals surface area (Å²) in [6.07, 6.45) is 2.11. The monoisotopic (exact) mass is 343 g/mol. The summed E-state index contributed by atoms with van der Waals surface area (Å²) in [5.41, 5.74) is 2.12. The van der Waals surface area contributed by atoms with Gasteiger partial charge in [-0.05, 0) is 43.8 Å². The van der Waals surface area contributed by atoms with E-state index >= 15 is 0 Å². The standard InChI is InChI=1S/C19H22FN3O2/c1-22(2)10-11-25-18-12-14(6-8-21-18)19(24)23-9-7-16-15(13-23)4-3-5-17(16)20/h3-6,8,12H,7,9-11,13H2,1-2H3. The summed E-state index contributed by atoms with van der Waals surface area (Å²) in [5.74, 6) is 0.163. The summed E-state index contributed by atoms with van der Waals surface area (Å²) in [5, 5.41) is 0. The SMILES string of the molecule is CN(C)CCOc1cc(C(=O)N2CCc3c(F)cccc3C2)ccn1. The summed E-state index contributed by atoms with van der Waals surface area (Å²) < 4.78 is 19.4. The van der Waals surface area contributed by atoms with Crippen LogP contribution in [0, 0.1) is 5.82 Å². The zero-order valence-electron chi connectivity index (χ0n) is 14.5.